The zero-order valence-electron chi connectivity index (χ0n) is 42.2. The van der Waals surface area contributed by atoms with E-state index in [0.717, 1.165) is 31.3 Å². The fourth-order valence-electron chi connectivity index (χ4n) is 10.7. The van der Waals surface area contributed by atoms with Crippen LogP contribution >= 0.6 is 0 Å². The Morgan fingerprint density at radius 3 is 2.25 bits per heavy atom. The van der Waals surface area contributed by atoms with E-state index >= 15 is 0 Å². The van der Waals surface area contributed by atoms with E-state index in [9.17, 15) is 34.5 Å². The van der Waals surface area contributed by atoms with E-state index < -0.39 is 65.9 Å². The van der Waals surface area contributed by atoms with Gasteiger partial charge < -0.3 is 48.6 Å². The lowest BCUT2D eigenvalue weighted by atomic mass is 9.78. The highest BCUT2D eigenvalue weighted by Crippen LogP contribution is 2.38. The Morgan fingerprint density at radius 2 is 1.57 bits per heavy atom. The number of fused-ring (bicyclic) bond motifs is 3. The summed E-state index contributed by atoms with van der Waals surface area (Å²) in [6.45, 7) is 13.8. The average molecular weight is 944 g/mol. The molecule has 2 saturated heterocycles. The summed E-state index contributed by atoms with van der Waals surface area (Å²) < 4.78 is 35.9. The number of nitrogens with zero attached hydrogens (tertiary/aromatic N) is 1. The number of hydrogen-bond acceptors (Lipinski definition) is 13. The monoisotopic (exact) mass is 944 g/mol. The van der Waals surface area contributed by atoms with E-state index in [1.54, 1.807) is 28.1 Å². The van der Waals surface area contributed by atoms with Crippen LogP contribution in [0.25, 0.3) is 0 Å². The van der Waals surface area contributed by atoms with Crippen molar-refractivity contribution >= 4 is 23.4 Å². The fraction of sp³-hybridized carbons (Fsp3) is 0.774. The highest BCUT2D eigenvalue weighted by atomic mass is 16.6. The largest absolute Gasteiger partial charge is 0.461 e. The number of Topliss-reactive ketones (excluding diaryl/α,β-unsaturated/α-hetero) is 2. The molecule has 3 fully saturated rings. The molecule has 4 aliphatic rings. The van der Waals surface area contributed by atoms with Gasteiger partial charge in [0.25, 0.3) is 11.7 Å². The Bertz CT molecular complexity index is 1730. The number of cyclic esters (lactones) is 1. The van der Waals surface area contributed by atoms with Crippen molar-refractivity contribution in [3.05, 3.63) is 47.6 Å². The summed E-state index contributed by atoms with van der Waals surface area (Å²) in [6.07, 6.45) is 15.3. The number of carbonyl (C=O) groups is 4. The molecule has 14 heteroatoms. The van der Waals surface area contributed by atoms with Crippen LogP contribution in [0.2, 0.25) is 0 Å². The van der Waals surface area contributed by atoms with Crippen molar-refractivity contribution in [2.45, 2.75) is 186 Å². The minimum atomic E-state index is -2.38. The molecule has 14 nitrogen and oxygen atoms in total. The number of esters is 1. The summed E-state index contributed by atoms with van der Waals surface area (Å²) >= 11 is 0. The zero-order chi connectivity index (χ0) is 49.4. The Morgan fingerprint density at radius 1 is 0.821 bits per heavy atom. The molecule has 1 saturated carbocycles. The minimum Gasteiger partial charge on any atom is -0.461 e. The molecule has 0 radical (unpaired) electrons. The van der Waals surface area contributed by atoms with Crippen LogP contribution in [0.4, 0.5) is 0 Å². The molecule has 380 valence electrons. The molecular weight excluding hydrogens is 859 g/mol. The van der Waals surface area contributed by atoms with E-state index in [2.05, 4.69) is 6.92 Å². The highest BCUT2D eigenvalue weighted by Gasteiger charge is 2.53. The van der Waals surface area contributed by atoms with Gasteiger partial charge >= 0.3 is 5.97 Å². The van der Waals surface area contributed by atoms with Crippen LogP contribution < -0.4 is 0 Å². The second kappa shape index (κ2) is 27.3. The van der Waals surface area contributed by atoms with Crippen molar-refractivity contribution in [1.82, 2.24) is 4.90 Å². The first-order chi connectivity index (χ1) is 31.9. The van der Waals surface area contributed by atoms with Gasteiger partial charge in [-0.15, -0.1) is 0 Å². The van der Waals surface area contributed by atoms with Gasteiger partial charge in [0.15, 0.2) is 5.78 Å². The molecule has 0 aromatic heterocycles. The number of amides is 1. The normalized spacial score (nSPS) is 37.0. The number of allylic oxidation sites excluding steroid dienone is 6. The standard InChI is InChI=1S/C53H85NO13/c1-33-16-12-11-13-17-35(3)45(62-8)32-41-22-20-39(7)53(61,67-41)50(58)51(59)54-25-15-14-18-42(54)52(60)66-43(36(4)30-40-21-24-44(65-27-26-55)46(31-40)63-9)23-19-34(2)29-38(6)48(57)49(64-10)47(56)37(5)28-33/h11-13,16-17,29,33-34,36-37,39-46,48-49,55,57,61H,14-15,18-28,30-32H2,1-10H3/t33-,34+,36-,37-,39-,40+,41+,42+,43+,44-,45+,46-,48-,49+,53-/m1/s1. The lowest BCUT2D eigenvalue weighted by molar-refractivity contribution is -0.265. The molecule has 1 amide bonds. The van der Waals surface area contributed by atoms with Gasteiger partial charge in [0.1, 0.15) is 24.4 Å². The van der Waals surface area contributed by atoms with Crippen LogP contribution in [0, 0.1) is 35.5 Å². The van der Waals surface area contributed by atoms with Gasteiger partial charge in [-0.3, -0.25) is 14.4 Å². The van der Waals surface area contributed by atoms with E-state index in [-0.39, 0.29) is 67.3 Å². The quantitative estimate of drug-likeness (QED) is 0.122. The van der Waals surface area contributed by atoms with Crippen molar-refractivity contribution < 1.29 is 62.9 Å². The molecule has 0 spiro atoms. The van der Waals surface area contributed by atoms with Gasteiger partial charge in [0, 0.05) is 46.1 Å². The van der Waals surface area contributed by atoms with Crippen LogP contribution in [0.15, 0.2) is 47.6 Å². The predicted octanol–water partition coefficient (Wildman–Crippen LogP) is 7.02. The third-order valence-electron chi connectivity index (χ3n) is 14.9. The Balaban J connectivity index is 1.67. The lowest BCUT2D eigenvalue weighted by Gasteiger charge is -2.42. The van der Waals surface area contributed by atoms with Crippen molar-refractivity contribution in [3.63, 3.8) is 0 Å². The maximum atomic E-state index is 14.5. The first-order valence-corrected chi connectivity index (χ1v) is 25.1. The molecule has 4 rings (SSSR count). The number of methoxy groups -OCH3 is 3. The van der Waals surface area contributed by atoms with E-state index in [1.165, 1.54) is 12.0 Å². The maximum absolute atomic E-state index is 14.5. The van der Waals surface area contributed by atoms with E-state index in [0.29, 0.717) is 63.4 Å². The summed E-state index contributed by atoms with van der Waals surface area (Å²) in [5.41, 5.74) is 1.51. The number of carbonyl (C=O) groups excluding carboxylic acids is 4. The topological polar surface area (TPSA) is 188 Å². The predicted molar refractivity (Wildman–Crippen MR) is 256 cm³/mol. The number of ketones is 2. The molecule has 0 aromatic carbocycles. The number of aliphatic hydroxyl groups excluding tert-OH is 2. The highest BCUT2D eigenvalue weighted by molar-refractivity contribution is 6.39. The van der Waals surface area contributed by atoms with E-state index in [4.69, 9.17) is 28.4 Å². The number of rotatable bonds is 9. The van der Waals surface area contributed by atoms with Gasteiger partial charge in [-0.2, -0.15) is 0 Å². The SMILES string of the molecule is CO[C@H]1C[C@@H]2CC[C@@H](C)[C@@](O)(O2)C(=O)C(=O)N2CCCC[C@H]2C(=O)O[C@H]([C@H](C)C[C@@H]2CC[C@@H](OCCO)[C@H](OC)C2)CC[C@H](C)C=C(C)[C@@H](O)[C@@H](OC)C(=O)[C@H](C)C[C@H](C)C=CC=CC=C1C. The Labute approximate surface area is 400 Å². The van der Waals surface area contributed by atoms with Crippen molar-refractivity contribution in [2.24, 2.45) is 35.5 Å². The average Bonchev–Trinajstić information content (AvgIpc) is 3.31. The van der Waals surface area contributed by atoms with Gasteiger partial charge in [-0.05, 0) is 126 Å². The lowest BCUT2D eigenvalue weighted by Crippen LogP contribution is -2.61. The maximum Gasteiger partial charge on any atom is 0.329 e. The molecule has 3 heterocycles. The van der Waals surface area contributed by atoms with Gasteiger partial charge in [0.2, 0.25) is 5.79 Å². The number of hydrogen-bond donors (Lipinski definition) is 3. The Kier molecular flexibility index (Phi) is 23.1. The Hall–Kier alpha value is -3.08. The summed E-state index contributed by atoms with van der Waals surface area (Å²) in [4.78, 5) is 58.0. The smallest absolute Gasteiger partial charge is 0.329 e. The van der Waals surface area contributed by atoms with Crippen LogP contribution in [-0.4, -0.2) is 139 Å². The number of aliphatic hydroxyl groups is 3. The summed E-state index contributed by atoms with van der Waals surface area (Å²) in [6, 6.07) is -1.02. The summed E-state index contributed by atoms with van der Waals surface area (Å²) in [5, 5.41) is 32.8. The molecule has 3 aliphatic heterocycles. The molecule has 2 bridgehead atoms. The van der Waals surface area contributed by atoms with Crippen LogP contribution in [0.1, 0.15) is 132 Å². The first-order valence-electron chi connectivity index (χ1n) is 25.1. The third kappa shape index (κ3) is 15.7. The minimum absolute atomic E-state index is 0.0636. The van der Waals surface area contributed by atoms with Crippen LogP contribution in [-0.2, 0) is 47.6 Å². The fourth-order valence-corrected chi connectivity index (χ4v) is 10.7. The summed E-state index contributed by atoms with van der Waals surface area (Å²) in [7, 11) is 4.71. The second-order valence-corrected chi connectivity index (χ2v) is 20.3. The van der Waals surface area contributed by atoms with Gasteiger partial charge in [-0.25, -0.2) is 4.79 Å². The molecule has 0 aromatic rings. The molecule has 3 N–H and O–H groups in total. The summed E-state index contributed by atoms with van der Waals surface area (Å²) in [5.74, 6) is -6.09. The van der Waals surface area contributed by atoms with Crippen LogP contribution in [0.5, 0.6) is 0 Å². The molecule has 1 aliphatic carbocycles. The van der Waals surface area contributed by atoms with Gasteiger partial charge in [0.05, 0.1) is 37.6 Å². The van der Waals surface area contributed by atoms with E-state index in [1.807, 2.05) is 64.2 Å². The molecule has 67 heavy (non-hydrogen) atoms. The third-order valence-corrected chi connectivity index (χ3v) is 14.9. The van der Waals surface area contributed by atoms with Crippen molar-refractivity contribution in [1.29, 1.82) is 0 Å². The first kappa shape index (κ1) is 56.5. The molecular formula is C53H85NO13. The molecule has 15 atom stereocenters. The number of piperidine rings is 1. The van der Waals surface area contributed by atoms with Crippen molar-refractivity contribution in [2.75, 3.05) is 41.1 Å². The second-order valence-electron chi connectivity index (χ2n) is 20.3. The zero-order valence-corrected chi connectivity index (χ0v) is 42.2. The van der Waals surface area contributed by atoms with Crippen LogP contribution in [0.3, 0.4) is 0 Å². The van der Waals surface area contributed by atoms with Crippen molar-refractivity contribution in [3.8, 4) is 0 Å². The number of ether oxygens (including phenoxy) is 6. The van der Waals surface area contributed by atoms with Gasteiger partial charge in [-0.1, -0.05) is 71.1 Å². The molecule has 0 unspecified atom stereocenters.